The quantitative estimate of drug-likeness (QED) is 0.581. The molecule has 18 heavy (non-hydrogen) atoms. The van der Waals surface area contributed by atoms with Crippen LogP contribution in [0.3, 0.4) is 0 Å². The molecule has 1 heterocycles. The second kappa shape index (κ2) is 8.25. The zero-order chi connectivity index (χ0) is 13.4. The van der Waals surface area contributed by atoms with Crippen LogP contribution in [0.1, 0.15) is 4.88 Å². The van der Waals surface area contributed by atoms with Gasteiger partial charge in [0.25, 0.3) is 0 Å². The number of methoxy groups -OCH3 is 1. The van der Waals surface area contributed by atoms with Gasteiger partial charge in [0.05, 0.1) is 17.7 Å². The second-order valence-corrected chi connectivity index (χ2v) is 5.92. The maximum absolute atomic E-state index is 5.27. The van der Waals surface area contributed by atoms with Crippen LogP contribution < -0.4 is 15.0 Å². The first-order chi connectivity index (χ1) is 8.69. The fourth-order valence-electron chi connectivity index (χ4n) is 1.27. The van der Waals surface area contributed by atoms with Crippen molar-refractivity contribution in [1.29, 1.82) is 0 Å². The molecule has 0 aliphatic heterocycles. The van der Waals surface area contributed by atoms with Crippen molar-refractivity contribution in [3.8, 4) is 18.2 Å². The molecule has 1 aromatic rings. The fourth-order valence-corrected chi connectivity index (χ4v) is 2.74. The number of terminal acetylenes is 1. The van der Waals surface area contributed by atoms with E-state index in [9.17, 15) is 0 Å². The Bertz CT molecular complexity index is 399. The lowest BCUT2D eigenvalue weighted by molar-refractivity contribution is 0.395. The van der Waals surface area contributed by atoms with Crippen molar-refractivity contribution < 1.29 is 4.74 Å². The number of ether oxygens (including phenoxy) is 1. The number of hydrogen-bond donors (Lipinski definition) is 1. The molecule has 0 atom stereocenters. The Morgan fingerprint density at radius 2 is 2.33 bits per heavy atom. The van der Waals surface area contributed by atoms with Crippen molar-refractivity contribution in [2.45, 2.75) is 6.54 Å². The van der Waals surface area contributed by atoms with Crippen LogP contribution in [-0.4, -0.2) is 44.2 Å². The van der Waals surface area contributed by atoms with Gasteiger partial charge >= 0.3 is 0 Å². The molecule has 0 bridgehead atoms. The Morgan fingerprint density at radius 3 is 2.94 bits per heavy atom. The lowest BCUT2D eigenvalue weighted by atomic mass is 10.5. The van der Waals surface area contributed by atoms with Gasteiger partial charge in [-0.15, -0.1) is 18.2 Å². The molecule has 0 spiro atoms. The number of thioether (sulfide) groups is 1. The highest BCUT2D eigenvalue weighted by atomic mass is 32.2. The Hall–Kier alpha value is -0.900. The number of rotatable bonds is 8. The van der Waals surface area contributed by atoms with E-state index in [1.165, 1.54) is 0 Å². The molecule has 0 amide bonds. The van der Waals surface area contributed by atoms with Gasteiger partial charge in [-0.25, -0.2) is 0 Å². The molecule has 0 aliphatic rings. The van der Waals surface area contributed by atoms with E-state index >= 15 is 0 Å². The molecule has 100 valence electrons. The number of nitrogens with one attached hydrogen (secondary N) is 1. The summed E-state index contributed by atoms with van der Waals surface area (Å²) in [6.07, 6.45) is 5.18. The minimum Gasteiger partial charge on any atom is -0.480 e. The van der Waals surface area contributed by atoms with Gasteiger partial charge in [-0.2, -0.15) is 4.98 Å². The minimum absolute atomic E-state index is 0.715. The van der Waals surface area contributed by atoms with E-state index in [4.69, 9.17) is 11.2 Å². The predicted molar refractivity (Wildman–Crippen MR) is 80.9 cm³/mol. The third-order valence-corrected chi connectivity index (χ3v) is 4.19. The lowest BCUT2D eigenvalue weighted by Gasteiger charge is -2.05. The lowest BCUT2D eigenvalue weighted by Crippen LogP contribution is -2.16. The molecule has 6 heteroatoms. The van der Waals surface area contributed by atoms with Crippen LogP contribution in [0.5, 0.6) is 5.88 Å². The van der Waals surface area contributed by atoms with Gasteiger partial charge in [-0.1, -0.05) is 17.3 Å². The summed E-state index contributed by atoms with van der Waals surface area (Å²) < 4.78 is 5.27. The SMILES string of the molecule is C#CCSCCNCc1sc(N(C)C)nc1OC. The maximum Gasteiger partial charge on any atom is 0.230 e. The first-order valence-electron chi connectivity index (χ1n) is 5.62. The van der Waals surface area contributed by atoms with E-state index in [-0.39, 0.29) is 0 Å². The molecule has 0 fully saturated rings. The Balaban J connectivity index is 2.39. The number of hydrogen-bond acceptors (Lipinski definition) is 6. The second-order valence-electron chi connectivity index (χ2n) is 3.76. The molecule has 0 radical (unpaired) electrons. The molecule has 0 saturated heterocycles. The van der Waals surface area contributed by atoms with Crippen LogP contribution in [0.15, 0.2) is 0 Å². The summed E-state index contributed by atoms with van der Waals surface area (Å²) >= 11 is 3.41. The molecular formula is C12H19N3OS2. The highest BCUT2D eigenvalue weighted by Crippen LogP contribution is 2.30. The van der Waals surface area contributed by atoms with E-state index < -0.39 is 0 Å². The zero-order valence-electron chi connectivity index (χ0n) is 11.0. The first-order valence-corrected chi connectivity index (χ1v) is 7.59. The van der Waals surface area contributed by atoms with Crippen molar-refractivity contribution in [1.82, 2.24) is 10.3 Å². The monoisotopic (exact) mass is 285 g/mol. The average molecular weight is 285 g/mol. The van der Waals surface area contributed by atoms with Crippen LogP contribution in [0.2, 0.25) is 0 Å². The van der Waals surface area contributed by atoms with Crippen molar-refractivity contribution >= 4 is 28.2 Å². The Kier molecular flexibility index (Phi) is 6.94. The summed E-state index contributed by atoms with van der Waals surface area (Å²) in [6, 6.07) is 0. The Morgan fingerprint density at radius 1 is 1.56 bits per heavy atom. The van der Waals surface area contributed by atoms with E-state index in [0.29, 0.717) is 5.88 Å². The van der Waals surface area contributed by atoms with Crippen molar-refractivity contribution in [3.05, 3.63) is 4.88 Å². The largest absolute Gasteiger partial charge is 0.480 e. The van der Waals surface area contributed by atoms with E-state index in [1.54, 1.807) is 30.2 Å². The highest BCUT2D eigenvalue weighted by Gasteiger charge is 2.12. The predicted octanol–water partition coefficient (Wildman–Crippen LogP) is 1.67. The molecule has 1 N–H and O–H groups in total. The van der Waals surface area contributed by atoms with Crippen molar-refractivity contribution in [2.75, 3.05) is 44.2 Å². The third-order valence-electron chi connectivity index (χ3n) is 2.12. The third kappa shape index (κ3) is 4.77. The molecule has 0 aromatic carbocycles. The van der Waals surface area contributed by atoms with Crippen LogP contribution in [0, 0.1) is 12.3 Å². The van der Waals surface area contributed by atoms with Crippen LogP contribution in [0.25, 0.3) is 0 Å². The van der Waals surface area contributed by atoms with Crippen LogP contribution in [-0.2, 0) is 6.54 Å². The molecule has 1 rings (SSSR count). The normalized spacial score (nSPS) is 10.1. The topological polar surface area (TPSA) is 37.4 Å². The van der Waals surface area contributed by atoms with Gasteiger partial charge in [0.1, 0.15) is 0 Å². The highest BCUT2D eigenvalue weighted by molar-refractivity contribution is 7.99. The zero-order valence-corrected chi connectivity index (χ0v) is 12.7. The molecule has 4 nitrogen and oxygen atoms in total. The van der Waals surface area contributed by atoms with Gasteiger partial charge in [0.15, 0.2) is 5.13 Å². The van der Waals surface area contributed by atoms with Crippen molar-refractivity contribution in [3.63, 3.8) is 0 Å². The van der Waals surface area contributed by atoms with E-state index in [2.05, 4.69) is 16.2 Å². The minimum atomic E-state index is 0.715. The summed E-state index contributed by atoms with van der Waals surface area (Å²) in [5, 5.41) is 4.33. The summed E-state index contributed by atoms with van der Waals surface area (Å²) in [5.74, 6) is 5.12. The van der Waals surface area contributed by atoms with Crippen molar-refractivity contribution in [2.24, 2.45) is 0 Å². The summed E-state index contributed by atoms with van der Waals surface area (Å²) in [6.45, 7) is 1.72. The maximum atomic E-state index is 5.27. The average Bonchev–Trinajstić information content (AvgIpc) is 2.77. The van der Waals surface area contributed by atoms with Gasteiger partial charge < -0.3 is 15.0 Å². The number of nitrogens with zero attached hydrogens (tertiary/aromatic N) is 2. The molecule has 0 saturated carbocycles. The first kappa shape index (κ1) is 15.2. The number of anilines is 1. The standard InChI is InChI=1S/C12H19N3OS2/c1-5-7-17-8-6-13-9-10-11(16-4)14-12(18-10)15(2)3/h1,13H,6-9H2,2-4H3. The van der Waals surface area contributed by atoms with Crippen LogP contribution >= 0.6 is 23.1 Å². The van der Waals surface area contributed by atoms with Gasteiger partial charge in [-0.05, 0) is 0 Å². The molecule has 1 aromatic heterocycles. The number of aromatic nitrogens is 1. The van der Waals surface area contributed by atoms with Gasteiger partial charge in [0, 0.05) is 32.9 Å². The molecular weight excluding hydrogens is 266 g/mol. The van der Waals surface area contributed by atoms with E-state index in [0.717, 1.165) is 34.6 Å². The van der Waals surface area contributed by atoms with Crippen LogP contribution in [0.4, 0.5) is 5.13 Å². The molecule has 0 aliphatic carbocycles. The summed E-state index contributed by atoms with van der Waals surface area (Å²) in [5.41, 5.74) is 0. The van der Waals surface area contributed by atoms with E-state index in [1.807, 2.05) is 19.0 Å². The summed E-state index contributed by atoms with van der Waals surface area (Å²) in [4.78, 5) is 7.52. The van der Waals surface area contributed by atoms with Gasteiger partial charge in [0.2, 0.25) is 5.88 Å². The number of thiazole rings is 1. The smallest absolute Gasteiger partial charge is 0.230 e. The molecule has 0 unspecified atom stereocenters. The van der Waals surface area contributed by atoms with Gasteiger partial charge in [-0.3, -0.25) is 0 Å². The summed E-state index contributed by atoms with van der Waals surface area (Å²) in [7, 11) is 5.61. The fraction of sp³-hybridized carbons (Fsp3) is 0.583. The Labute approximate surface area is 117 Å².